The van der Waals surface area contributed by atoms with Crippen molar-refractivity contribution in [3.8, 4) is 5.75 Å². The Morgan fingerprint density at radius 1 is 1.06 bits per heavy atom. The number of phenols is 1. The fraction of sp³-hybridized carbons (Fsp3) is 0.654. The second kappa shape index (κ2) is 12.6. The molecule has 0 aliphatic carbocycles. The van der Waals surface area contributed by atoms with Crippen molar-refractivity contribution in [2.45, 2.75) is 98.3 Å². The zero-order valence-electron chi connectivity index (χ0n) is 22.1. The lowest BCUT2D eigenvalue weighted by molar-refractivity contribution is -0.146. The quantitative estimate of drug-likeness (QED) is 0.404. The number of hydrogen-bond donors (Lipinski definition) is 3. The van der Waals surface area contributed by atoms with E-state index < -0.39 is 29.2 Å². The Morgan fingerprint density at radius 2 is 1.71 bits per heavy atom. The molecule has 1 rings (SSSR count). The maximum Gasteiger partial charge on any atom is 0.408 e. The fourth-order valence-corrected chi connectivity index (χ4v) is 3.53. The minimum Gasteiger partial charge on any atom is -0.507 e. The van der Waals surface area contributed by atoms with Crippen molar-refractivity contribution in [2.75, 3.05) is 13.1 Å². The number of unbranched alkanes of at least 4 members (excludes halogenated alkanes) is 2. The number of nitrogens with one attached hydrogen (secondary N) is 2. The van der Waals surface area contributed by atoms with E-state index in [4.69, 9.17) is 4.74 Å². The van der Waals surface area contributed by atoms with Crippen LogP contribution in [0.1, 0.15) is 91.3 Å². The van der Waals surface area contributed by atoms with Gasteiger partial charge in [0.2, 0.25) is 11.8 Å². The molecule has 0 heterocycles. The standard InChI is InChI=1S/C26H43N3O5/c1-9-11-12-16-27-23(32)21(19-15-13-14-18(3)22(19)31)29(26(7,8)10-2)20(30)17-28-24(33)34-25(4,5)6/h13-15,21,31H,9-12,16-17H2,1-8H3,(H,27,32)(H,28,33). The normalized spacial score (nSPS) is 12.6. The number of carbonyl (C=O) groups excluding carboxylic acids is 3. The Bertz CT molecular complexity index is 845. The van der Waals surface area contributed by atoms with Gasteiger partial charge in [-0.05, 0) is 59.9 Å². The molecule has 8 nitrogen and oxygen atoms in total. The number of benzene rings is 1. The average molecular weight is 478 g/mol. The molecule has 0 fully saturated rings. The molecule has 192 valence electrons. The summed E-state index contributed by atoms with van der Waals surface area (Å²) < 4.78 is 5.24. The fourth-order valence-electron chi connectivity index (χ4n) is 3.53. The van der Waals surface area contributed by atoms with Crippen LogP contribution in [-0.4, -0.2) is 52.1 Å². The molecule has 0 saturated heterocycles. The lowest BCUT2D eigenvalue weighted by Gasteiger charge is -2.43. The smallest absolute Gasteiger partial charge is 0.408 e. The molecule has 0 spiro atoms. The average Bonchev–Trinajstić information content (AvgIpc) is 2.74. The third-order valence-corrected chi connectivity index (χ3v) is 5.72. The van der Waals surface area contributed by atoms with Gasteiger partial charge in [-0.1, -0.05) is 44.9 Å². The number of amides is 3. The summed E-state index contributed by atoms with van der Waals surface area (Å²) in [6, 6.07) is 4.09. The molecule has 0 aromatic heterocycles. The van der Waals surface area contributed by atoms with Crippen molar-refractivity contribution < 1.29 is 24.2 Å². The summed E-state index contributed by atoms with van der Waals surface area (Å²) in [7, 11) is 0. The number of para-hydroxylation sites is 1. The second-order valence-corrected chi connectivity index (χ2v) is 10.2. The number of hydrogen-bond acceptors (Lipinski definition) is 5. The number of alkyl carbamates (subject to hydrolysis) is 1. The van der Waals surface area contributed by atoms with Gasteiger partial charge in [0.05, 0.1) is 0 Å². The van der Waals surface area contributed by atoms with E-state index >= 15 is 0 Å². The number of carbonyl (C=O) groups is 3. The van der Waals surface area contributed by atoms with Crippen molar-refractivity contribution in [1.29, 1.82) is 0 Å². The van der Waals surface area contributed by atoms with Crippen molar-refractivity contribution in [1.82, 2.24) is 15.5 Å². The highest BCUT2D eigenvalue weighted by molar-refractivity contribution is 5.91. The Morgan fingerprint density at radius 3 is 2.26 bits per heavy atom. The predicted octanol–water partition coefficient (Wildman–Crippen LogP) is 4.59. The summed E-state index contributed by atoms with van der Waals surface area (Å²) in [5.74, 6) is -0.850. The first-order valence-electron chi connectivity index (χ1n) is 12.1. The molecule has 3 amide bonds. The van der Waals surface area contributed by atoms with Crippen LogP contribution in [-0.2, 0) is 14.3 Å². The molecule has 0 aliphatic heterocycles. The highest BCUT2D eigenvalue weighted by atomic mass is 16.6. The van der Waals surface area contributed by atoms with Gasteiger partial charge in [0.15, 0.2) is 0 Å². The van der Waals surface area contributed by atoms with Gasteiger partial charge in [0, 0.05) is 17.6 Å². The van der Waals surface area contributed by atoms with Crippen LogP contribution in [0.5, 0.6) is 5.75 Å². The van der Waals surface area contributed by atoms with Gasteiger partial charge in [-0.2, -0.15) is 0 Å². The Labute approximate surface area is 204 Å². The van der Waals surface area contributed by atoms with Crippen LogP contribution in [0.3, 0.4) is 0 Å². The molecule has 0 radical (unpaired) electrons. The minimum absolute atomic E-state index is 0.0268. The minimum atomic E-state index is -1.07. The van der Waals surface area contributed by atoms with E-state index in [1.54, 1.807) is 45.9 Å². The van der Waals surface area contributed by atoms with E-state index in [0.717, 1.165) is 19.3 Å². The summed E-state index contributed by atoms with van der Waals surface area (Å²) in [6.45, 7) is 14.8. The first-order chi connectivity index (χ1) is 15.7. The van der Waals surface area contributed by atoms with E-state index in [1.165, 1.54) is 4.90 Å². The van der Waals surface area contributed by atoms with E-state index in [0.29, 0.717) is 24.1 Å². The van der Waals surface area contributed by atoms with Crippen molar-refractivity contribution in [3.63, 3.8) is 0 Å². The van der Waals surface area contributed by atoms with Crippen LogP contribution in [0.15, 0.2) is 18.2 Å². The summed E-state index contributed by atoms with van der Waals surface area (Å²) in [5, 5.41) is 16.3. The van der Waals surface area contributed by atoms with Gasteiger partial charge in [-0.3, -0.25) is 9.59 Å². The molecule has 34 heavy (non-hydrogen) atoms. The third-order valence-electron chi connectivity index (χ3n) is 5.72. The molecule has 3 N–H and O–H groups in total. The SMILES string of the molecule is CCCCCNC(=O)C(c1cccc(C)c1O)N(C(=O)CNC(=O)OC(C)(C)C)C(C)(C)CC. The van der Waals surface area contributed by atoms with E-state index in [1.807, 2.05) is 20.8 Å². The number of aryl methyl sites for hydroxylation is 1. The molecule has 0 saturated carbocycles. The monoisotopic (exact) mass is 477 g/mol. The van der Waals surface area contributed by atoms with E-state index in [2.05, 4.69) is 17.6 Å². The van der Waals surface area contributed by atoms with E-state index in [-0.39, 0.29) is 18.2 Å². The van der Waals surface area contributed by atoms with Gasteiger partial charge < -0.3 is 25.4 Å². The Kier molecular flexibility index (Phi) is 10.9. The lowest BCUT2D eigenvalue weighted by atomic mass is 9.92. The largest absolute Gasteiger partial charge is 0.507 e. The molecule has 8 heteroatoms. The molecule has 0 bridgehead atoms. The van der Waals surface area contributed by atoms with Crippen LogP contribution in [0.4, 0.5) is 4.79 Å². The summed E-state index contributed by atoms with van der Waals surface area (Å²) in [6.07, 6.45) is 2.65. The van der Waals surface area contributed by atoms with E-state index in [9.17, 15) is 19.5 Å². The molecule has 0 aliphatic rings. The first kappa shape index (κ1) is 29.3. The number of phenolic OH excluding ortho intramolecular Hbond substituents is 1. The number of nitrogens with zero attached hydrogens (tertiary/aromatic N) is 1. The predicted molar refractivity (Wildman–Crippen MR) is 134 cm³/mol. The molecular weight excluding hydrogens is 434 g/mol. The molecule has 1 unspecified atom stereocenters. The second-order valence-electron chi connectivity index (χ2n) is 10.2. The van der Waals surface area contributed by atoms with Crippen molar-refractivity contribution >= 4 is 17.9 Å². The molecule has 1 aromatic rings. The Balaban J connectivity index is 3.37. The highest BCUT2D eigenvalue weighted by Crippen LogP contribution is 2.36. The van der Waals surface area contributed by atoms with Crippen LogP contribution >= 0.6 is 0 Å². The number of rotatable bonds is 11. The Hall–Kier alpha value is -2.77. The summed E-state index contributed by atoms with van der Waals surface area (Å²) in [4.78, 5) is 40.6. The van der Waals surface area contributed by atoms with Crippen LogP contribution in [0.25, 0.3) is 0 Å². The molecule has 1 aromatic carbocycles. The first-order valence-corrected chi connectivity index (χ1v) is 12.1. The van der Waals surface area contributed by atoms with Gasteiger partial charge in [0.1, 0.15) is 23.9 Å². The van der Waals surface area contributed by atoms with Gasteiger partial charge >= 0.3 is 6.09 Å². The number of ether oxygens (including phenoxy) is 1. The lowest BCUT2D eigenvalue weighted by Crippen LogP contribution is -2.56. The van der Waals surface area contributed by atoms with Gasteiger partial charge in [0.25, 0.3) is 0 Å². The van der Waals surface area contributed by atoms with Crippen molar-refractivity contribution in [3.05, 3.63) is 29.3 Å². The molecule has 1 atom stereocenters. The third kappa shape index (κ3) is 8.54. The topological polar surface area (TPSA) is 108 Å². The maximum absolute atomic E-state index is 13.5. The zero-order chi connectivity index (χ0) is 26.1. The summed E-state index contributed by atoms with van der Waals surface area (Å²) in [5.41, 5.74) is -0.493. The van der Waals surface area contributed by atoms with Crippen LogP contribution in [0.2, 0.25) is 0 Å². The highest BCUT2D eigenvalue weighted by Gasteiger charge is 2.41. The summed E-state index contributed by atoms with van der Waals surface area (Å²) >= 11 is 0. The van der Waals surface area contributed by atoms with Gasteiger partial charge in [-0.15, -0.1) is 0 Å². The molecular formula is C26H43N3O5. The van der Waals surface area contributed by atoms with Crippen molar-refractivity contribution in [2.24, 2.45) is 0 Å². The maximum atomic E-state index is 13.5. The van der Waals surface area contributed by atoms with Crippen LogP contribution in [0, 0.1) is 6.92 Å². The van der Waals surface area contributed by atoms with Crippen LogP contribution < -0.4 is 10.6 Å². The number of aromatic hydroxyl groups is 1. The zero-order valence-corrected chi connectivity index (χ0v) is 22.1. The van der Waals surface area contributed by atoms with Gasteiger partial charge in [-0.25, -0.2) is 4.79 Å².